The minimum atomic E-state index is -0.219. The van der Waals surface area contributed by atoms with Crippen molar-refractivity contribution in [3.63, 3.8) is 0 Å². The van der Waals surface area contributed by atoms with Crippen molar-refractivity contribution in [3.8, 4) is 0 Å². The smallest absolute Gasteiger partial charge is 0.143 e. The van der Waals surface area contributed by atoms with Gasteiger partial charge in [-0.3, -0.25) is 5.84 Å². The number of hydrazine groups is 1. The van der Waals surface area contributed by atoms with Crippen LogP contribution in [0.1, 0.15) is 5.56 Å². The van der Waals surface area contributed by atoms with E-state index in [1.165, 1.54) is 17.4 Å². The minimum Gasteiger partial charge on any atom is -0.324 e. The van der Waals surface area contributed by atoms with Gasteiger partial charge in [0.2, 0.25) is 0 Å². The number of benzene rings is 1. The molecule has 0 bridgehead atoms. The molecule has 1 aromatic heterocycles. The molecule has 0 saturated heterocycles. The Balaban J connectivity index is 2.80. The van der Waals surface area contributed by atoms with Crippen molar-refractivity contribution in [1.82, 2.24) is 0 Å². The van der Waals surface area contributed by atoms with Crippen LogP contribution in [0.5, 0.6) is 0 Å². The molecule has 0 aliphatic rings. The van der Waals surface area contributed by atoms with Gasteiger partial charge in [0.05, 0.1) is 10.4 Å². The zero-order valence-electron chi connectivity index (χ0n) is 7.10. The maximum atomic E-state index is 13.4. The highest BCUT2D eigenvalue weighted by Crippen LogP contribution is 2.30. The summed E-state index contributed by atoms with van der Waals surface area (Å²) in [6.45, 7) is 1.96. The lowest BCUT2D eigenvalue weighted by atomic mass is 10.2. The highest BCUT2D eigenvalue weighted by Gasteiger charge is 2.06. The van der Waals surface area contributed by atoms with Gasteiger partial charge in [-0.15, -0.1) is 11.3 Å². The Morgan fingerprint density at radius 3 is 2.92 bits per heavy atom. The molecule has 0 unspecified atom stereocenters. The van der Waals surface area contributed by atoms with Crippen molar-refractivity contribution in [3.05, 3.63) is 28.9 Å². The molecule has 3 N–H and O–H groups in total. The molecule has 4 heteroatoms. The Bertz CT molecular complexity index is 450. The summed E-state index contributed by atoms with van der Waals surface area (Å²) >= 11 is 1.42. The summed E-state index contributed by atoms with van der Waals surface area (Å²) in [7, 11) is 0. The summed E-state index contributed by atoms with van der Waals surface area (Å²) in [5.74, 6) is 5.00. The Morgan fingerprint density at radius 2 is 2.23 bits per heavy atom. The topological polar surface area (TPSA) is 38.0 Å². The fraction of sp³-hybridized carbons (Fsp3) is 0.111. The standard InChI is InChI=1S/C9H9FN2S/c1-5-4-13-9-7(5)2-6(12-11)3-8(9)10/h2-4,12H,11H2,1H3. The maximum absolute atomic E-state index is 13.4. The van der Waals surface area contributed by atoms with Gasteiger partial charge in [-0.05, 0) is 30.0 Å². The van der Waals surface area contributed by atoms with E-state index in [1.807, 2.05) is 18.4 Å². The molecular formula is C9H9FN2S. The third kappa shape index (κ3) is 1.28. The highest BCUT2D eigenvalue weighted by molar-refractivity contribution is 7.17. The number of halogens is 1. The lowest BCUT2D eigenvalue weighted by molar-refractivity contribution is 0.642. The first-order chi connectivity index (χ1) is 6.22. The average Bonchev–Trinajstić information content (AvgIpc) is 2.48. The number of hydrogen-bond acceptors (Lipinski definition) is 3. The second kappa shape index (κ2) is 2.97. The number of nitrogen functional groups attached to an aromatic ring is 1. The van der Waals surface area contributed by atoms with E-state index in [9.17, 15) is 4.39 Å². The normalized spacial score (nSPS) is 10.7. The van der Waals surface area contributed by atoms with Crippen LogP contribution < -0.4 is 11.3 Å². The molecule has 0 aliphatic heterocycles. The number of fused-ring (bicyclic) bond motifs is 1. The summed E-state index contributed by atoms with van der Waals surface area (Å²) in [5.41, 5.74) is 4.12. The van der Waals surface area contributed by atoms with E-state index >= 15 is 0 Å². The molecule has 0 spiro atoms. The number of aryl methyl sites for hydroxylation is 1. The molecule has 0 radical (unpaired) electrons. The van der Waals surface area contributed by atoms with E-state index in [-0.39, 0.29) is 5.82 Å². The summed E-state index contributed by atoms with van der Waals surface area (Å²) < 4.78 is 14.1. The van der Waals surface area contributed by atoms with Crippen molar-refractivity contribution < 1.29 is 4.39 Å². The molecule has 13 heavy (non-hydrogen) atoms. The van der Waals surface area contributed by atoms with Crippen LogP contribution >= 0.6 is 11.3 Å². The first-order valence-electron chi connectivity index (χ1n) is 3.86. The van der Waals surface area contributed by atoms with Gasteiger partial charge in [0.15, 0.2) is 0 Å². The Morgan fingerprint density at radius 1 is 1.46 bits per heavy atom. The Labute approximate surface area is 79.1 Å². The summed E-state index contributed by atoms with van der Waals surface area (Å²) in [6.07, 6.45) is 0. The van der Waals surface area contributed by atoms with E-state index in [1.54, 1.807) is 0 Å². The Kier molecular flexibility index (Phi) is 1.94. The molecule has 0 aliphatic carbocycles. The van der Waals surface area contributed by atoms with E-state index in [4.69, 9.17) is 5.84 Å². The van der Waals surface area contributed by atoms with Crippen LogP contribution in [0.3, 0.4) is 0 Å². The zero-order chi connectivity index (χ0) is 9.42. The van der Waals surface area contributed by atoms with Crippen LogP contribution in [-0.2, 0) is 0 Å². The maximum Gasteiger partial charge on any atom is 0.143 e. The molecule has 0 atom stereocenters. The molecule has 2 nitrogen and oxygen atoms in total. The fourth-order valence-corrected chi connectivity index (χ4v) is 2.24. The molecule has 1 heterocycles. The van der Waals surface area contributed by atoms with E-state index in [2.05, 4.69) is 5.43 Å². The molecule has 0 fully saturated rings. The average molecular weight is 196 g/mol. The largest absolute Gasteiger partial charge is 0.324 e. The molecule has 0 amide bonds. The quantitative estimate of drug-likeness (QED) is 0.543. The second-order valence-electron chi connectivity index (χ2n) is 2.90. The molecule has 2 aromatic rings. The third-order valence-corrected chi connectivity index (χ3v) is 3.11. The molecule has 2 rings (SSSR count). The van der Waals surface area contributed by atoms with Gasteiger partial charge in [0.25, 0.3) is 0 Å². The van der Waals surface area contributed by atoms with Gasteiger partial charge in [-0.2, -0.15) is 0 Å². The van der Waals surface area contributed by atoms with Gasteiger partial charge in [0, 0.05) is 5.39 Å². The van der Waals surface area contributed by atoms with Crippen molar-refractivity contribution in [1.29, 1.82) is 0 Å². The monoisotopic (exact) mass is 196 g/mol. The number of rotatable bonds is 1. The van der Waals surface area contributed by atoms with E-state index in [0.29, 0.717) is 10.4 Å². The SMILES string of the molecule is Cc1csc2c(F)cc(NN)cc12. The van der Waals surface area contributed by atoms with Crippen molar-refractivity contribution in [2.45, 2.75) is 6.92 Å². The van der Waals surface area contributed by atoms with Crippen molar-refractivity contribution >= 4 is 27.1 Å². The number of nitrogens with two attached hydrogens (primary N) is 1. The van der Waals surface area contributed by atoms with Gasteiger partial charge < -0.3 is 5.43 Å². The van der Waals surface area contributed by atoms with Gasteiger partial charge in [0.1, 0.15) is 5.82 Å². The lowest BCUT2D eigenvalue weighted by Crippen LogP contribution is -2.06. The van der Waals surface area contributed by atoms with E-state index < -0.39 is 0 Å². The van der Waals surface area contributed by atoms with Crippen LogP contribution in [0.4, 0.5) is 10.1 Å². The number of nitrogens with one attached hydrogen (secondary N) is 1. The number of thiophene rings is 1. The Hall–Kier alpha value is -1.13. The summed E-state index contributed by atoms with van der Waals surface area (Å²) in [5, 5.41) is 2.87. The van der Waals surface area contributed by atoms with Crippen molar-refractivity contribution in [2.24, 2.45) is 5.84 Å². The number of anilines is 1. The second-order valence-corrected chi connectivity index (χ2v) is 3.78. The molecular weight excluding hydrogens is 187 g/mol. The minimum absolute atomic E-state index is 0.219. The first kappa shape index (κ1) is 8.47. The predicted molar refractivity (Wildman–Crippen MR) is 54.3 cm³/mol. The highest BCUT2D eigenvalue weighted by atomic mass is 32.1. The molecule has 68 valence electrons. The summed E-state index contributed by atoms with van der Waals surface area (Å²) in [6, 6.07) is 3.25. The predicted octanol–water partition coefficient (Wildman–Crippen LogP) is 2.63. The van der Waals surface area contributed by atoms with Gasteiger partial charge in [-0.1, -0.05) is 0 Å². The fourth-order valence-electron chi connectivity index (χ4n) is 1.30. The molecule has 0 saturated carbocycles. The van der Waals surface area contributed by atoms with E-state index in [0.717, 1.165) is 10.9 Å². The lowest BCUT2D eigenvalue weighted by Gasteiger charge is -2.01. The van der Waals surface area contributed by atoms with Crippen LogP contribution in [0.25, 0.3) is 10.1 Å². The van der Waals surface area contributed by atoms with Crippen LogP contribution in [-0.4, -0.2) is 0 Å². The first-order valence-corrected chi connectivity index (χ1v) is 4.74. The van der Waals surface area contributed by atoms with Crippen LogP contribution in [0.15, 0.2) is 17.5 Å². The number of hydrogen-bond donors (Lipinski definition) is 2. The van der Waals surface area contributed by atoms with Gasteiger partial charge >= 0.3 is 0 Å². The van der Waals surface area contributed by atoms with Gasteiger partial charge in [-0.25, -0.2) is 4.39 Å². The zero-order valence-corrected chi connectivity index (χ0v) is 7.91. The van der Waals surface area contributed by atoms with Crippen molar-refractivity contribution in [2.75, 3.05) is 5.43 Å². The van der Waals surface area contributed by atoms with Crippen LogP contribution in [0.2, 0.25) is 0 Å². The van der Waals surface area contributed by atoms with Crippen LogP contribution in [0, 0.1) is 12.7 Å². The summed E-state index contributed by atoms with van der Waals surface area (Å²) in [4.78, 5) is 0. The molecule has 1 aromatic carbocycles. The third-order valence-electron chi connectivity index (χ3n) is 1.99.